The number of benzene rings is 1. The van der Waals surface area contributed by atoms with Crippen LogP contribution in [0.2, 0.25) is 0 Å². The van der Waals surface area contributed by atoms with Crippen LogP contribution in [0, 0.1) is 10.1 Å². The van der Waals surface area contributed by atoms with Crippen molar-refractivity contribution >= 4 is 28.7 Å². The van der Waals surface area contributed by atoms with Crippen LogP contribution in [-0.4, -0.2) is 29.0 Å². The van der Waals surface area contributed by atoms with Crippen LogP contribution in [0.3, 0.4) is 0 Å². The fraction of sp³-hybridized carbons (Fsp3) is 0.263. The topological polar surface area (TPSA) is 98.7 Å². The van der Waals surface area contributed by atoms with Crippen molar-refractivity contribution in [2.45, 2.75) is 19.4 Å². The van der Waals surface area contributed by atoms with Gasteiger partial charge in [0.15, 0.2) is 0 Å². The molecule has 0 spiro atoms. The summed E-state index contributed by atoms with van der Waals surface area (Å²) < 4.78 is 10.6. The summed E-state index contributed by atoms with van der Waals surface area (Å²) in [6.45, 7) is 1.49. The molecule has 1 aromatic carbocycles. The summed E-state index contributed by atoms with van der Waals surface area (Å²) in [7, 11) is 0. The fourth-order valence-corrected chi connectivity index (χ4v) is 3.79. The number of nitro groups is 1. The van der Waals surface area contributed by atoms with E-state index in [0.717, 1.165) is 30.8 Å². The van der Waals surface area contributed by atoms with Gasteiger partial charge >= 0.3 is 5.97 Å². The van der Waals surface area contributed by atoms with Crippen LogP contribution in [0.1, 0.15) is 28.9 Å². The molecular formula is C19H17N3O5S. The maximum Gasteiger partial charge on any atom is 0.338 e. The number of nitrogens with zero attached hydrogens (tertiary/aromatic N) is 3. The molecule has 1 aliphatic heterocycles. The smallest absolute Gasteiger partial charge is 0.338 e. The third-order valence-corrected chi connectivity index (χ3v) is 5.35. The van der Waals surface area contributed by atoms with E-state index in [-0.39, 0.29) is 17.9 Å². The quantitative estimate of drug-likeness (QED) is 0.347. The van der Waals surface area contributed by atoms with E-state index in [2.05, 4.69) is 4.98 Å². The van der Waals surface area contributed by atoms with E-state index in [1.807, 2.05) is 22.4 Å². The summed E-state index contributed by atoms with van der Waals surface area (Å²) in [6, 6.07) is 8.22. The van der Waals surface area contributed by atoms with Crippen LogP contribution in [0.25, 0.3) is 10.8 Å². The van der Waals surface area contributed by atoms with Crippen molar-refractivity contribution in [3.63, 3.8) is 0 Å². The van der Waals surface area contributed by atoms with Crippen LogP contribution in [0.5, 0.6) is 0 Å². The number of carbonyl (C=O) groups excluding carboxylic acids is 1. The van der Waals surface area contributed by atoms with Gasteiger partial charge in [0.25, 0.3) is 5.69 Å². The van der Waals surface area contributed by atoms with Gasteiger partial charge in [0.05, 0.1) is 15.4 Å². The minimum Gasteiger partial charge on any atom is -0.455 e. The molecule has 0 N–H and O–H groups in total. The van der Waals surface area contributed by atoms with E-state index >= 15 is 0 Å². The molecule has 144 valence electrons. The summed E-state index contributed by atoms with van der Waals surface area (Å²) in [5, 5.41) is 13.4. The molecule has 0 amide bonds. The molecule has 0 saturated carbocycles. The number of rotatable bonds is 6. The minimum absolute atomic E-state index is 0.0740. The van der Waals surface area contributed by atoms with Crippen molar-refractivity contribution in [1.29, 1.82) is 0 Å². The van der Waals surface area contributed by atoms with E-state index in [1.165, 1.54) is 23.7 Å². The zero-order valence-electron chi connectivity index (χ0n) is 14.9. The lowest BCUT2D eigenvalue weighted by atomic mass is 10.1. The normalized spacial score (nSPS) is 13.6. The highest BCUT2D eigenvalue weighted by Crippen LogP contribution is 2.32. The van der Waals surface area contributed by atoms with Crippen molar-refractivity contribution in [1.82, 2.24) is 4.98 Å². The molecule has 0 bridgehead atoms. The number of nitro benzene ring substituents is 1. The van der Waals surface area contributed by atoms with Gasteiger partial charge < -0.3 is 14.1 Å². The zero-order valence-corrected chi connectivity index (χ0v) is 15.7. The SMILES string of the molecule is O=C(OCc1coc(-c2cccs2)n1)c1ccc(N2CCCC2)c([N+](=O)[O-])c1. The Morgan fingerprint density at radius 2 is 2.14 bits per heavy atom. The van der Waals surface area contributed by atoms with Gasteiger partial charge in [-0.3, -0.25) is 10.1 Å². The van der Waals surface area contributed by atoms with E-state index in [1.54, 1.807) is 12.1 Å². The van der Waals surface area contributed by atoms with Gasteiger partial charge in [-0.05, 0) is 36.4 Å². The monoisotopic (exact) mass is 399 g/mol. The number of oxazole rings is 1. The zero-order chi connectivity index (χ0) is 19.5. The number of hydrogen-bond acceptors (Lipinski definition) is 8. The van der Waals surface area contributed by atoms with Crippen molar-refractivity contribution < 1.29 is 18.9 Å². The van der Waals surface area contributed by atoms with Crippen molar-refractivity contribution in [3.05, 3.63) is 63.3 Å². The molecule has 1 aliphatic rings. The Bertz CT molecular complexity index is 993. The van der Waals surface area contributed by atoms with Crippen molar-refractivity contribution in [3.8, 4) is 10.8 Å². The van der Waals surface area contributed by atoms with Crippen LogP contribution in [0.15, 0.2) is 46.4 Å². The van der Waals surface area contributed by atoms with Crippen molar-refractivity contribution in [2.75, 3.05) is 18.0 Å². The summed E-state index contributed by atoms with van der Waals surface area (Å²) in [5.74, 6) is -0.177. The average Bonchev–Trinajstić information content (AvgIpc) is 3.47. The molecule has 9 heteroatoms. The van der Waals surface area contributed by atoms with Gasteiger partial charge in [-0.1, -0.05) is 6.07 Å². The van der Waals surface area contributed by atoms with Crippen LogP contribution in [0.4, 0.5) is 11.4 Å². The first-order valence-electron chi connectivity index (χ1n) is 8.80. The number of carbonyl (C=O) groups is 1. The van der Waals surface area contributed by atoms with Crippen LogP contribution < -0.4 is 4.90 Å². The molecule has 0 unspecified atom stereocenters. The first kappa shape index (κ1) is 18.2. The number of hydrogen-bond donors (Lipinski definition) is 0. The molecule has 3 heterocycles. The summed E-state index contributed by atoms with van der Waals surface area (Å²) in [6.07, 6.45) is 3.44. The molecule has 0 radical (unpaired) electrons. The number of esters is 1. The first-order valence-corrected chi connectivity index (χ1v) is 9.68. The van der Waals surface area contributed by atoms with Gasteiger partial charge in [0.1, 0.15) is 24.3 Å². The Balaban J connectivity index is 1.46. The maximum atomic E-state index is 12.3. The lowest BCUT2D eigenvalue weighted by Gasteiger charge is -2.17. The van der Waals surface area contributed by atoms with E-state index in [9.17, 15) is 14.9 Å². The lowest BCUT2D eigenvalue weighted by molar-refractivity contribution is -0.384. The molecule has 28 heavy (non-hydrogen) atoms. The van der Waals surface area contributed by atoms with E-state index < -0.39 is 10.9 Å². The van der Waals surface area contributed by atoms with E-state index in [0.29, 0.717) is 17.3 Å². The standard InChI is InChI=1S/C19H17N3O5S/c23-19(27-12-14-11-26-18(20-14)17-4-3-9-28-17)13-5-6-15(16(10-13)22(24)25)21-7-1-2-8-21/h3-6,9-11H,1-2,7-8,12H2. The van der Waals surface area contributed by atoms with Gasteiger partial charge in [0, 0.05) is 19.2 Å². The number of aromatic nitrogens is 1. The molecule has 1 fully saturated rings. The minimum atomic E-state index is -0.642. The second kappa shape index (κ2) is 7.81. The second-order valence-corrected chi connectivity index (χ2v) is 7.30. The predicted molar refractivity (Wildman–Crippen MR) is 103 cm³/mol. The second-order valence-electron chi connectivity index (χ2n) is 6.35. The molecule has 0 aliphatic carbocycles. The molecular weight excluding hydrogens is 382 g/mol. The van der Waals surface area contributed by atoms with Gasteiger partial charge in [-0.15, -0.1) is 11.3 Å². The van der Waals surface area contributed by atoms with Gasteiger partial charge in [-0.2, -0.15) is 0 Å². The lowest BCUT2D eigenvalue weighted by Crippen LogP contribution is -2.19. The molecule has 1 saturated heterocycles. The Labute approximate surface area is 164 Å². The Hall–Kier alpha value is -3.20. The highest BCUT2D eigenvalue weighted by molar-refractivity contribution is 7.13. The molecule has 3 aromatic rings. The number of thiophene rings is 1. The Morgan fingerprint density at radius 3 is 2.86 bits per heavy atom. The average molecular weight is 399 g/mol. The third-order valence-electron chi connectivity index (χ3n) is 4.49. The summed E-state index contributed by atoms with van der Waals surface area (Å²) in [4.78, 5) is 30.5. The fourth-order valence-electron chi connectivity index (χ4n) is 3.13. The summed E-state index contributed by atoms with van der Waals surface area (Å²) >= 11 is 1.49. The first-order chi connectivity index (χ1) is 13.6. The maximum absolute atomic E-state index is 12.3. The summed E-state index contributed by atoms with van der Waals surface area (Å²) in [5.41, 5.74) is 1.06. The van der Waals surface area contributed by atoms with Crippen molar-refractivity contribution in [2.24, 2.45) is 0 Å². The molecule has 4 rings (SSSR count). The molecule has 0 atom stereocenters. The third kappa shape index (κ3) is 3.74. The van der Waals surface area contributed by atoms with Gasteiger partial charge in [-0.25, -0.2) is 9.78 Å². The molecule has 8 nitrogen and oxygen atoms in total. The highest BCUT2D eigenvalue weighted by atomic mass is 32.1. The van der Waals surface area contributed by atoms with Gasteiger partial charge in [0.2, 0.25) is 5.89 Å². The largest absolute Gasteiger partial charge is 0.455 e. The molecule has 2 aromatic heterocycles. The predicted octanol–water partition coefficient (Wildman–Crippen LogP) is 4.27. The van der Waals surface area contributed by atoms with Crippen LogP contribution >= 0.6 is 11.3 Å². The Morgan fingerprint density at radius 1 is 1.32 bits per heavy atom. The van der Waals surface area contributed by atoms with Crippen LogP contribution in [-0.2, 0) is 11.3 Å². The highest BCUT2D eigenvalue weighted by Gasteiger charge is 2.24. The Kier molecular flexibility index (Phi) is 5.07. The number of ether oxygens (including phenoxy) is 1. The van der Waals surface area contributed by atoms with E-state index in [4.69, 9.17) is 9.15 Å². The number of anilines is 1.